The number of nitrogens with zero attached hydrogens (tertiary/aromatic N) is 2. The molecule has 1 aliphatic rings. The van der Waals surface area contributed by atoms with Gasteiger partial charge in [0.1, 0.15) is 5.75 Å². The molecular formula is C21H24N2O3S. The first-order valence-corrected chi connectivity index (χ1v) is 9.63. The molecule has 5 nitrogen and oxygen atoms in total. The van der Waals surface area contributed by atoms with Gasteiger partial charge >= 0.3 is 0 Å². The summed E-state index contributed by atoms with van der Waals surface area (Å²) in [5, 5.41) is 0. The lowest BCUT2D eigenvalue weighted by Crippen LogP contribution is -2.37. The van der Waals surface area contributed by atoms with E-state index < -0.39 is 0 Å². The summed E-state index contributed by atoms with van der Waals surface area (Å²) in [7, 11) is 0. The largest absolute Gasteiger partial charge is 0.493 e. The zero-order chi connectivity index (χ0) is 19.1. The number of rotatable bonds is 5. The molecule has 1 saturated heterocycles. The molecule has 142 valence electrons. The lowest BCUT2D eigenvalue weighted by Gasteiger charge is -2.22. The first kappa shape index (κ1) is 19.3. The second kappa shape index (κ2) is 9.46. The molecule has 0 aliphatic carbocycles. The molecule has 1 aliphatic heterocycles. The van der Waals surface area contributed by atoms with Gasteiger partial charge in [-0.25, -0.2) is 0 Å². The standard InChI is InChI=1S/C21H24N2O3S/c24-20(11-16-26-17-7-2-1-3-8-17)22-12-6-13-23(15-14-22)21(25)18-9-4-5-10-19(18)27/h1-5,7-10,27H,6,11-16H2. The zero-order valence-corrected chi connectivity index (χ0v) is 16.1. The Labute approximate surface area is 165 Å². The van der Waals surface area contributed by atoms with Crippen LogP contribution >= 0.6 is 12.6 Å². The van der Waals surface area contributed by atoms with Crippen molar-refractivity contribution in [3.63, 3.8) is 0 Å². The third-order valence-electron chi connectivity index (χ3n) is 4.60. The molecule has 0 saturated carbocycles. The van der Waals surface area contributed by atoms with Gasteiger partial charge in [0.2, 0.25) is 5.91 Å². The van der Waals surface area contributed by atoms with E-state index in [-0.39, 0.29) is 11.8 Å². The van der Waals surface area contributed by atoms with Crippen LogP contribution < -0.4 is 4.74 Å². The average molecular weight is 385 g/mol. The van der Waals surface area contributed by atoms with Crippen molar-refractivity contribution in [3.8, 4) is 5.75 Å². The van der Waals surface area contributed by atoms with Gasteiger partial charge in [0, 0.05) is 31.1 Å². The fraction of sp³-hybridized carbons (Fsp3) is 0.333. The second-order valence-corrected chi connectivity index (χ2v) is 6.94. The maximum atomic E-state index is 12.7. The highest BCUT2D eigenvalue weighted by molar-refractivity contribution is 7.80. The van der Waals surface area contributed by atoms with E-state index in [1.807, 2.05) is 58.3 Å². The van der Waals surface area contributed by atoms with Gasteiger partial charge in [-0.15, -0.1) is 12.6 Å². The van der Waals surface area contributed by atoms with Gasteiger partial charge in [0.25, 0.3) is 5.91 Å². The van der Waals surface area contributed by atoms with Crippen molar-refractivity contribution >= 4 is 24.4 Å². The van der Waals surface area contributed by atoms with Crippen molar-refractivity contribution in [3.05, 3.63) is 60.2 Å². The molecule has 3 rings (SSSR count). The Hall–Kier alpha value is -2.47. The van der Waals surface area contributed by atoms with Crippen LogP contribution in [0.25, 0.3) is 0 Å². The normalized spacial score (nSPS) is 14.6. The molecular weight excluding hydrogens is 360 g/mol. The average Bonchev–Trinajstić information content (AvgIpc) is 2.95. The molecule has 2 amide bonds. The van der Waals surface area contributed by atoms with Crippen LogP contribution in [-0.4, -0.2) is 54.4 Å². The Morgan fingerprint density at radius 3 is 2.33 bits per heavy atom. The Bertz CT molecular complexity index is 782. The van der Waals surface area contributed by atoms with E-state index in [4.69, 9.17) is 4.74 Å². The zero-order valence-electron chi connectivity index (χ0n) is 15.2. The molecule has 0 bridgehead atoms. The fourth-order valence-corrected chi connectivity index (χ4v) is 3.38. The molecule has 1 fully saturated rings. The van der Waals surface area contributed by atoms with Crippen molar-refractivity contribution in [1.82, 2.24) is 9.80 Å². The number of ether oxygens (including phenoxy) is 1. The number of carbonyl (C=O) groups excluding carboxylic acids is 2. The highest BCUT2D eigenvalue weighted by Crippen LogP contribution is 2.17. The lowest BCUT2D eigenvalue weighted by atomic mass is 10.2. The topological polar surface area (TPSA) is 49.9 Å². The summed E-state index contributed by atoms with van der Waals surface area (Å²) in [6.45, 7) is 2.74. The Kier molecular flexibility index (Phi) is 6.76. The van der Waals surface area contributed by atoms with Gasteiger partial charge in [-0.1, -0.05) is 30.3 Å². The number of carbonyl (C=O) groups is 2. The summed E-state index contributed by atoms with van der Waals surface area (Å²) >= 11 is 4.38. The second-order valence-electron chi connectivity index (χ2n) is 6.46. The van der Waals surface area contributed by atoms with Crippen molar-refractivity contribution in [2.45, 2.75) is 17.7 Å². The van der Waals surface area contributed by atoms with Crippen LogP contribution in [0, 0.1) is 0 Å². The molecule has 0 unspecified atom stereocenters. The maximum absolute atomic E-state index is 12.7. The number of benzene rings is 2. The number of para-hydroxylation sites is 1. The minimum Gasteiger partial charge on any atom is -0.493 e. The minimum absolute atomic E-state index is 0.0256. The monoisotopic (exact) mass is 384 g/mol. The molecule has 6 heteroatoms. The first-order valence-electron chi connectivity index (χ1n) is 9.18. The number of hydrogen-bond acceptors (Lipinski definition) is 4. The van der Waals surface area contributed by atoms with Crippen LogP contribution in [0.1, 0.15) is 23.2 Å². The molecule has 0 aromatic heterocycles. The van der Waals surface area contributed by atoms with Gasteiger partial charge in [0.05, 0.1) is 18.6 Å². The number of amides is 2. The summed E-state index contributed by atoms with van der Waals surface area (Å²) in [6, 6.07) is 16.8. The molecule has 0 spiro atoms. The van der Waals surface area contributed by atoms with E-state index in [1.165, 1.54) is 0 Å². The Balaban J connectivity index is 1.49. The van der Waals surface area contributed by atoms with E-state index in [2.05, 4.69) is 12.6 Å². The molecule has 0 radical (unpaired) electrons. The summed E-state index contributed by atoms with van der Waals surface area (Å²) in [5.41, 5.74) is 0.608. The van der Waals surface area contributed by atoms with Crippen LogP contribution in [0.15, 0.2) is 59.5 Å². The molecule has 0 atom stereocenters. The summed E-state index contributed by atoms with van der Waals surface area (Å²) in [6.07, 6.45) is 1.11. The maximum Gasteiger partial charge on any atom is 0.255 e. The quantitative estimate of drug-likeness (QED) is 0.806. The predicted octanol–water partition coefficient (Wildman–Crippen LogP) is 3.12. The SMILES string of the molecule is O=C(CCOc1ccccc1)N1CCCN(C(=O)c2ccccc2S)CC1. The predicted molar refractivity (Wildman–Crippen MR) is 107 cm³/mol. The molecule has 2 aromatic rings. The van der Waals surface area contributed by atoms with Crippen LogP contribution in [0.2, 0.25) is 0 Å². The summed E-state index contributed by atoms with van der Waals surface area (Å²) in [5.74, 6) is 0.806. The summed E-state index contributed by atoms with van der Waals surface area (Å²) in [4.78, 5) is 29.5. The Morgan fingerprint density at radius 2 is 1.56 bits per heavy atom. The van der Waals surface area contributed by atoms with Gasteiger partial charge in [0.15, 0.2) is 0 Å². The van der Waals surface area contributed by atoms with E-state index in [0.717, 1.165) is 12.2 Å². The summed E-state index contributed by atoms with van der Waals surface area (Å²) < 4.78 is 5.61. The molecule has 27 heavy (non-hydrogen) atoms. The van der Waals surface area contributed by atoms with Crippen molar-refractivity contribution in [2.75, 3.05) is 32.8 Å². The first-order chi connectivity index (χ1) is 13.1. The van der Waals surface area contributed by atoms with Crippen molar-refractivity contribution in [1.29, 1.82) is 0 Å². The molecule has 1 heterocycles. The van der Waals surface area contributed by atoms with Crippen molar-refractivity contribution in [2.24, 2.45) is 0 Å². The fourth-order valence-electron chi connectivity index (χ4n) is 3.13. The van der Waals surface area contributed by atoms with Gasteiger partial charge in [-0.2, -0.15) is 0 Å². The van der Waals surface area contributed by atoms with Crippen molar-refractivity contribution < 1.29 is 14.3 Å². The lowest BCUT2D eigenvalue weighted by molar-refractivity contribution is -0.131. The van der Waals surface area contributed by atoms with Gasteiger partial charge in [-0.3, -0.25) is 9.59 Å². The van der Waals surface area contributed by atoms with Crippen LogP contribution in [0.5, 0.6) is 5.75 Å². The van der Waals surface area contributed by atoms with Crippen LogP contribution in [-0.2, 0) is 4.79 Å². The van der Waals surface area contributed by atoms with E-state index in [0.29, 0.717) is 49.7 Å². The van der Waals surface area contributed by atoms with E-state index in [1.54, 1.807) is 6.07 Å². The van der Waals surface area contributed by atoms with Gasteiger partial charge in [-0.05, 0) is 30.7 Å². The molecule has 0 N–H and O–H groups in total. The number of thiol groups is 1. The molecule has 2 aromatic carbocycles. The Morgan fingerprint density at radius 1 is 0.889 bits per heavy atom. The van der Waals surface area contributed by atoms with Gasteiger partial charge < -0.3 is 14.5 Å². The highest BCUT2D eigenvalue weighted by atomic mass is 32.1. The highest BCUT2D eigenvalue weighted by Gasteiger charge is 2.23. The number of hydrogen-bond donors (Lipinski definition) is 1. The van der Waals surface area contributed by atoms with E-state index in [9.17, 15) is 9.59 Å². The van der Waals surface area contributed by atoms with Crippen LogP contribution in [0.3, 0.4) is 0 Å². The minimum atomic E-state index is -0.0256. The van der Waals surface area contributed by atoms with E-state index >= 15 is 0 Å². The smallest absolute Gasteiger partial charge is 0.255 e. The van der Waals surface area contributed by atoms with Crippen LogP contribution in [0.4, 0.5) is 0 Å². The third-order valence-corrected chi connectivity index (χ3v) is 4.99. The third kappa shape index (κ3) is 5.26.